The van der Waals surface area contributed by atoms with Crippen LogP contribution in [-0.4, -0.2) is 35.5 Å². The van der Waals surface area contributed by atoms with E-state index in [-0.39, 0.29) is 0 Å². The third kappa shape index (κ3) is 3.24. The molecule has 112 valence electrons. The molecule has 2 aromatic heterocycles. The fraction of sp³-hybridized carbons (Fsp3) is 0.500. The summed E-state index contributed by atoms with van der Waals surface area (Å²) in [6, 6.07) is 4.87. The van der Waals surface area contributed by atoms with Crippen LogP contribution in [0.25, 0.3) is 0 Å². The minimum Gasteiger partial charge on any atom is -0.363 e. The Morgan fingerprint density at radius 3 is 3.00 bits per heavy atom. The van der Waals surface area contributed by atoms with Crippen LogP contribution in [0.5, 0.6) is 0 Å². The monoisotopic (exact) mass is 302 g/mol. The third-order valence-corrected chi connectivity index (χ3v) is 4.83. The van der Waals surface area contributed by atoms with E-state index in [4.69, 9.17) is 0 Å². The second-order valence-electron chi connectivity index (χ2n) is 5.83. The Labute approximate surface area is 130 Å². The van der Waals surface area contributed by atoms with Crippen LogP contribution >= 0.6 is 11.3 Å². The first-order chi connectivity index (χ1) is 10.1. The average Bonchev–Trinajstić information content (AvgIpc) is 3.09. The van der Waals surface area contributed by atoms with E-state index < -0.39 is 0 Å². The number of pyridine rings is 1. The van der Waals surface area contributed by atoms with Crippen molar-refractivity contribution in [2.45, 2.75) is 32.4 Å². The molecule has 1 fully saturated rings. The second kappa shape index (κ2) is 6.12. The fourth-order valence-electron chi connectivity index (χ4n) is 2.97. The Morgan fingerprint density at radius 1 is 1.43 bits per heavy atom. The predicted octanol–water partition coefficient (Wildman–Crippen LogP) is 3.25. The van der Waals surface area contributed by atoms with E-state index in [9.17, 15) is 0 Å². The molecule has 5 heteroatoms. The van der Waals surface area contributed by atoms with E-state index in [0.717, 1.165) is 23.9 Å². The van der Waals surface area contributed by atoms with Crippen molar-refractivity contribution in [2.24, 2.45) is 0 Å². The van der Waals surface area contributed by atoms with Gasteiger partial charge in [0.1, 0.15) is 5.82 Å². The zero-order valence-corrected chi connectivity index (χ0v) is 13.7. The van der Waals surface area contributed by atoms with E-state index >= 15 is 0 Å². The lowest BCUT2D eigenvalue weighted by molar-refractivity contribution is 0.246. The Morgan fingerprint density at radius 2 is 2.29 bits per heavy atom. The maximum absolute atomic E-state index is 4.60. The van der Waals surface area contributed by atoms with Gasteiger partial charge in [0.25, 0.3) is 0 Å². The van der Waals surface area contributed by atoms with Crippen LogP contribution in [0.2, 0.25) is 0 Å². The van der Waals surface area contributed by atoms with E-state index in [1.807, 2.05) is 20.3 Å². The number of anilines is 1. The first-order valence-electron chi connectivity index (χ1n) is 7.42. The molecule has 4 nitrogen and oxygen atoms in total. The van der Waals surface area contributed by atoms with Crippen molar-refractivity contribution in [3.63, 3.8) is 0 Å². The molecular weight excluding hydrogens is 280 g/mol. The van der Waals surface area contributed by atoms with Gasteiger partial charge in [0.15, 0.2) is 0 Å². The topological polar surface area (TPSA) is 32.3 Å². The maximum Gasteiger partial charge on any atom is 0.128 e. The van der Waals surface area contributed by atoms with Gasteiger partial charge in [0.05, 0.1) is 10.7 Å². The Kier molecular flexibility index (Phi) is 4.22. The lowest BCUT2D eigenvalue weighted by Crippen LogP contribution is -2.23. The number of thiazole rings is 1. The molecule has 0 aliphatic carbocycles. The van der Waals surface area contributed by atoms with Crippen LogP contribution in [0.4, 0.5) is 5.82 Å². The standard InChI is InChI=1S/C16H22N4S/c1-12-18-14(11-21-12)10-20-8-4-5-15(20)13-6-7-17-16(9-13)19(2)3/h6-7,9,11,15H,4-5,8,10H2,1-3H3/t15-/m1/s1. The molecule has 2 aromatic rings. The maximum atomic E-state index is 4.60. The van der Waals surface area contributed by atoms with Crippen LogP contribution in [-0.2, 0) is 6.54 Å². The number of aromatic nitrogens is 2. The molecule has 3 heterocycles. The molecular formula is C16H22N4S. The van der Waals surface area contributed by atoms with Crippen molar-refractivity contribution >= 4 is 17.2 Å². The van der Waals surface area contributed by atoms with Crippen LogP contribution in [0.15, 0.2) is 23.7 Å². The van der Waals surface area contributed by atoms with Gasteiger partial charge in [-0.15, -0.1) is 11.3 Å². The molecule has 3 rings (SSSR count). The largest absolute Gasteiger partial charge is 0.363 e. The highest BCUT2D eigenvalue weighted by Gasteiger charge is 2.26. The van der Waals surface area contributed by atoms with Gasteiger partial charge in [-0.05, 0) is 44.0 Å². The highest BCUT2D eigenvalue weighted by atomic mass is 32.1. The fourth-order valence-corrected chi connectivity index (χ4v) is 3.57. The summed E-state index contributed by atoms with van der Waals surface area (Å²) in [7, 11) is 4.08. The van der Waals surface area contributed by atoms with Crippen molar-refractivity contribution in [2.75, 3.05) is 25.5 Å². The molecule has 0 radical (unpaired) electrons. The Balaban J connectivity index is 1.78. The van der Waals surface area contributed by atoms with Crippen LogP contribution in [0.3, 0.4) is 0 Å². The quantitative estimate of drug-likeness (QED) is 0.868. The van der Waals surface area contributed by atoms with Crippen LogP contribution in [0.1, 0.15) is 35.1 Å². The van der Waals surface area contributed by atoms with E-state index in [2.05, 4.69) is 44.2 Å². The molecule has 1 aliphatic rings. The zero-order valence-electron chi connectivity index (χ0n) is 12.9. The van der Waals surface area contributed by atoms with Gasteiger partial charge in [-0.1, -0.05) is 0 Å². The molecule has 21 heavy (non-hydrogen) atoms. The summed E-state index contributed by atoms with van der Waals surface area (Å²) in [6.45, 7) is 4.18. The van der Waals surface area contributed by atoms with Gasteiger partial charge in [-0.25, -0.2) is 9.97 Å². The molecule has 0 saturated carbocycles. The van der Waals surface area contributed by atoms with Gasteiger partial charge in [0, 0.05) is 38.3 Å². The Hall–Kier alpha value is -1.46. The molecule has 0 aromatic carbocycles. The van der Waals surface area contributed by atoms with Crippen molar-refractivity contribution in [1.82, 2.24) is 14.9 Å². The number of hydrogen-bond acceptors (Lipinski definition) is 5. The summed E-state index contributed by atoms with van der Waals surface area (Å²) >= 11 is 1.74. The first-order valence-corrected chi connectivity index (χ1v) is 8.30. The molecule has 0 bridgehead atoms. The lowest BCUT2D eigenvalue weighted by Gasteiger charge is -2.24. The number of aryl methyl sites for hydroxylation is 1. The van der Waals surface area contributed by atoms with Gasteiger partial charge >= 0.3 is 0 Å². The average molecular weight is 302 g/mol. The summed E-state index contributed by atoms with van der Waals surface area (Å²) in [4.78, 5) is 13.6. The molecule has 0 unspecified atom stereocenters. The van der Waals surface area contributed by atoms with Gasteiger partial charge in [-0.3, -0.25) is 4.90 Å². The van der Waals surface area contributed by atoms with Crippen molar-refractivity contribution < 1.29 is 0 Å². The molecule has 1 atom stereocenters. The highest BCUT2D eigenvalue weighted by Crippen LogP contribution is 2.34. The van der Waals surface area contributed by atoms with Gasteiger partial charge in [0.2, 0.25) is 0 Å². The number of nitrogens with zero attached hydrogens (tertiary/aromatic N) is 4. The number of rotatable bonds is 4. The van der Waals surface area contributed by atoms with Crippen molar-refractivity contribution in [3.05, 3.63) is 40.0 Å². The van der Waals surface area contributed by atoms with Crippen LogP contribution in [0, 0.1) is 6.92 Å². The number of likely N-dealkylation sites (tertiary alicyclic amines) is 1. The van der Waals surface area contributed by atoms with Crippen LogP contribution < -0.4 is 4.90 Å². The first kappa shape index (κ1) is 14.5. The van der Waals surface area contributed by atoms with Gasteiger partial charge in [-0.2, -0.15) is 0 Å². The zero-order chi connectivity index (χ0) is 14.8. The summed E-state index contributed by atoms with van der Waals surface area (Å²) in [5.41, 5.74) is 2.57. The normalized spacial score (nSPS) is 19.1. The van der Waals surface area contributed by atoms with Crippen molar-refractivity contribution in [1.29, 1.82) is 0 Å². The molecule has 1 saturated heterocycles. The van der Waals surface area contributed by atoms with Crippen molar-refractivity contribution in [3.8, 4) is 0 Å². The smallest absolute Gasteiger partial charge is 0.128 e. The number of hydrogen-bond donors (Lipinski definition) is 0. The minimum atomic E-state index is 0.494. The van der Waals surface area contributed by atoms with Gasteiger partial charge < -0.3 is 4.90 Å². The highest BCUT2D eigenvalue weighted by molar-refractivity contribution is 7.09. The summed E-state index contributed by atoms with van der Waals surface area (Å²) in [6.07, 6.45) is 4.40. The summed E-state index contributed by atoms with van der Waals surface area (Å²) in [5, 5.41) is 3.34. The van der Waals surface area contributed by atoms with E-state index in [1.165, 1.54) is 24.1 Å². The SMILES string of the molecule is Cc1nc(CN2CCC[C@@H]2c2ccnc(N(C)C)c2)cs1. The predicted molar refractivity (Wildman–Crippen MR) is 87.8 cm³/mol. The lowest BCUT2D eigenvalue weighted by atomic mass is 10.1. The molecule has 0 spiro atoms. The Bertz CT molecular complexity index is 608. The molecule has 1 aliphatic heterocycles. The third-order valence-electron chi connectivity index (χ3n) is 4.01. The summed E-state index contributed by atoms with van der Waals surface area (Å²) in [5.74, 6) is 1.03. The van der Waals surface area contributed by atoms with E-state index in [1.54, 1.807) is 11.3 Å². The summed E-state index contributed by atoms with van der Waals surface area (Å²) < 4.78 is 0. The molecule has 0 amide bonds. The van der Waals surface area contributed by atoms with E-state index in [0.29, 0.717) is 6.04 Å². The minimum absolute atomic E-state index is 0.494. The second-order valence-corrected chi connectivity index (χ2v) is 6.89. The molecule has 0 N–H and O–H groups in total.